The van der Waals surface area contributed by atoms with Crippen molar-refractivity contribution >= 4 is 40.9 Å². The van der Waals surface area contributed by atoms with Crippen molar-refractivity contribution in [1.29, 1.82) is 0 Å². The second-order valence-corrected chi connectivity index (χ2v) is 9.25. The first-order valence-corrected chi connectivity index (χ1v) is 10.1. The number of aliphatic hydroxyl groups excluding tert-OH is 1. The Hall–Kier alpha value is -0.710. The van der Waals surface area contributed by atoms with E-state index in [4.69, 9.17) is 59.3 Å². The van der Waals surface area contributed by atoms with Gasteiger partial charge < -0.3 is 29.4 Å². The molecule has 0 aromatic heterocycles. The van der Waals surface area contributed by atoms with E-state index >= 15 is 0 Å². The second kappa shape index (κ2) is 9.40. The predicted octanol–water partition coefficient (Wildman–Crippen LogP) is 2.92. The number of halogens is 3. The maximum absolute atomic E-state index is 12.4. The van der Waals surface area contributed by atoms with Gasteiger partial charge in [0.2, 0.25) is 10.1 Å². The minimum atomic E-state index is -1.92. The lowest BCUT2D eigenvalue weighted by molar-refractivity contribution is -0.193. The van der Waals surface area contributed by atoms with Crippen LogP contribution in [0.25, 0.3) is 10.4 Å². The second-order valence-electron chi connectivity index (χ2n) is 6.88. The molecule has 1 saturated carbocycles. The van der Waals surface area contributed by atoms with Gasteiger partial charge in [-0.15, -0.1) is 0 Å². The van der Waals surface area contributed by atoms with Gasteiger partial charge in [-0.25, -0.2) is 4.79 Å². The third-order valence-electron chi connectivity index (χ3n) is 4.95. The van der Waals surface area contributed by atoms with E-state index in [1.165, 1.54) is 0 Å². The van der Waals surface area contributed by atoms with E-state index in [1.807, 2.05) is 0 Å². The Bertz CT molecular complexity index is 611. The molecule has 3 rings (SSSR count). The van der Waals surface area contributed by atoms with Crippen molar-refractivity contribution < 1.29 is 28.8 Å². The standard InChI is InChI=1S/C15H21Cl3N4O6/c16-15(17,18)13-26-9-8(6-23)25-12(21-22-19)11(10(9)27-13)28-14(24)20-7-4-2-1-3-5-7/h7-13,23H,1-6H2,(H,20,24)/t8-,9-,10-,11+,12-,13?/m1/s1. The van der Waals surface area contributed by atoms with Crippen LogP contribution in [0, 0.1) is 0 Å². The molecule has 0 aromatic carbocycles. The maximum atomic E-state index is 12.4. The maximum Gasteiger partial charge on any atom is 0.407 e. The smallest absolute Gasteiger partial charge is 0.407 e. The molecule has 2 saturated heterocycles. The molecule has 10 nitrogen and oxygen atoms in total. The molecule has 158 valence electrons. The average molecular weight is 460 g/mol. The van der Waals surface area contributed by atoms with E-state index in [0.717, 1.165) is 32.1 Å². The molecule has 0 radical (unpaired) electrons. The van der Waals surface area contributed by atoms with E-state index in [-0.39, 0.29) is 6.04 Å². The van der Waals surface area contributed by atoms with Crippen LogP contribution < -0.4 is 5.32 Å². The van der Waals surface area contributed by atoms with Crippen molar-refractivity contribution in [1.82, 2.24) is 5.32 Å². The number of hydrogen-bond acceptors (Lipinski definition) is 7. The van der Waals surface area contributed by atoms with E-state index in [0.29, 0.717) is 0 Å². The van der Waals surface area contributed by atoms with Crippen LogP contribution in [0.2, 0.25) is 0 Å². The summed E-state index contributed by atoms with van der Waals surface area (Å²) in [6.07, 6.45) is -2.19. The molecule has 0 spiro atoms. The first kappa shape index (κ1) is 22.0. The number of aliphatic hydroxyl groups is 1. The highest BCUT2D eigenvalue weighted by Gasteiger charge is 2.57. The fourth-order valence-electron chi connectivity index (χ4n) is 3.67. The van der Waals surface area contributed by atoms with Crippen LogP contribution in [0.3, 0.4) is 0 Å². The van der Waals surface area contributed by atoms with Crippen molar-refractivity contribution in [3.05, 3.63) is 10.4 Å². The van der Waals surface area contributed by atoms with Crippen LogP contribution >= 0.6 is 34.8 Å². The molecule has 3 aliphatic rings. The van der Waals surface area contributed by atoms with Gasteiger partial charge in [0.1, 0.15) is 18.3 Å². The van der Waals surface area contributed by atoms with Crippen LogP contribution in [-0.2, 0) is 18.9 Å². The van der Waals surface area contributed by atoms with Crippen LogP contribution in [0.15, 0.2) is 5.11 Å². The number of alkyl halides is 3. The molecule has 1 unspecified atom stereocenters. The number of fused-ring (bicyclic) bond motifs is 1. The monoisotopic (exact) mass is 458 g/mol. The van der Waals surface area contributed by atoms with Crippen LogP contribution in [0.1, 0.15) is 32.1 Å². The Labute approximate surface area is 176 Å². The molecule has 2 N–H and O–H groups in total. The lowest BCUT2D eigenvalue weighted by atomic mass is 9.96. The lowest BCUT2D eigenvalue weighted by Gasteiger charge is -2.39. The molecular formula is C15H21Cl3N4O6. The van der Waals surface area contributed by atoms with Gasteiger partial charge in [0, 0.05) is 11.0 Å². The van der Waals surface area contributed by atoms with Gasteiger partial charge >= 0.3 is 6.09 Å². The number of nitrogens with one attached hydrogen (secondary N) is 1. The average Bonchev–Trinajstić information content (AvgIpc) is 3.10. The summed E-state index contributed by atoms with van der Waals surface area (Å²) in [5, 5.41) is 15.9. The van der Waals surface area contributed by atoms with E-state index < -0.39 is 53.4 Å². The van der Waals surface area contributed by atoms with E-state index in [1.54, 1.807) is 0 Å². The Morgan fingerprint density at radius 2 is 1.89 bits per heavy atom. The van der Waals surface area contributed by atoms with Crippen LogP contribution in [0.4, 0.5) is 4.79 Å². The summed E-state index contributed by atoms with van der Waals surface area (Å²) in [6, 6.07) is 0.0133. The summed E-state index contributed by atoms with van der Waals surface area (Å²) in [6.45, 7) is -0.463. The molecule has 1 aliphatic carbocycles. The summed E-state index contributed by atoms with van der Waals surface area (Å²) in [4.78, 5) is 15.1. The van der Waals surface area contributed by atoms with Crippen molar-refractivity contribution in [3.8, 4) is 0 Å². The molecule has 0 aromatic rings. The third-order valence-corrected chi connectivity index (χ3v) is 5.49. The van der Waals surface area contributed by atoms with Gasteiger partial charge in [-0.05, 0) is 18.4 Å². The normalized spacial score (nSPS) is 36.3. The lowest BCUT2D eigenvalue weighted by Crippen LogP contribution is -2.58. The minimum Gasteiger partial charge on any atom is -0.440 e. The predicted molar refractivity (Wildman–Crippen MR) is 99.0 cm³/mol. The number of carbonyl (C=O) groups is 1. The zero-order valence-electron chi connectivity index (χ0n) is 14.7. The van der Waals surface area contributed by atoms with Gasteiger partial charge in [0.15, 0.2) is 12.3 Å². The molecular weight excluding hydrogens is 439 g/mol. The highest BCUT2D eigenvalue weighted by Crippen LogP contribution is 2.43. The molecule has 0 bridgehead atoms. The minimum absolute atomic E-state index is 0.0133. The number of nitrogens with zero attached hydrogens (tertiary/aromatic N) is 3. The number of amides is 1. The topological polar surface area (TPSA) is 135 Å². The summed E-state index contributed by atoms with van der Waals surface area (Å²) in [5.41, 5.74) is 8.84. The molecule has 2 aliphatic heterocycles. The fraction of sp³-hybridized carbons (Fsp3) is 0.933. The summed E-state index contributed by atoms with van der Waals surface area (Å²) < 4.78 is 20.3. The Balaban J connectivity index is 1.75. The van der Waals surface area contributed by atoms with Gasteiger partial charge in [0.05, 0.1) is 6.61 Å². The quantitative estimate of drug-likeness (QED) is 0.287. The summed E-state index contributed by atoms with van der Waals surface area (Å²) in [7, 11) is 0. The highest BCUT2D eigenvalue weighted by atomic mass is 35.6. The summed E-state index contributed by atoms with van der Waals surface area (Å²) in [5.74, 6) is 0. The van der Waals surface area contributed by atoms with Crippen molar-refractivity contribution in [3.63, 3.8) is 0 Å². The van der Waals surface area contributed by atoms with Crippen LogP contribution in [-0.4, -0.2) is 64.6 Å². The number of azide groups is 1. The van der Waals surface area contributed by atoms with Crippen molar-refractivity contribution in [2.75, 3.05) is 6.61 Å². The Morgan fingerprint density at radius 1 is 1.21 bits per heavy atom. The number of ether oxygens (including phenoxy) is 4. The van der Waals surface area contributed by atoms with Gasteiger partial charge in [-0.3, -0.25) is 0 Å². The van der Waals surface area contributed by atoms with Gasteiger partial charge in [-0.1, -0.05) is 59.2 Å². The number of rotatable bonds is 4. The van der Waals surface area contributed by atoms with Crippen molar-refractivity contribution in [2.24, 2.45) is 5.11 Å². The first-order chi connectivity index (χ1) is 13.3. The van der Waals surface area contributed by atoms with E-state index in [2.05, 4.69) is 15.3 Å². The zero-order chi connectivity index (χ0) is 20.3. The number of carbonyl (C=O) groups excluding carboxylic acids is 1. The number of hydrogen-bond donors (Lipinski definition) is 2. The van der Waals surface area contributed by atoms with Crippen molar-refractivity contribution in [2.45, 2.75) is 78.9 Å². The zero-order valence-corrected chi connectivity index (χ0v) is 17.0. The molecule has 28 heavy (non-hydrogen) atoms. The van der Waals surface area contributed by atoms with E-state index in [9.17, 15) is 9.90 Å². The van der Waals surface area contributed by atoms with Crippen LogP contribution in [0.5, 0.6) is 0 Å². The molecule has 2 heterocycles. The summed E-state index contributed by atoms with van der Waals surface area (Å²) >= 11 is 17.6. The molecule has 6 atom stereocenters. The Kier molecular flexibility index (Phi) is 7.38. The third kappa shape index (κ3) is 5.06. The molecule has 3 fully saturated rings. The highest BCUT2D eigenvalue weighted by molar-refractivity contribution is 6.67. The van der Waals surface area contributed by atoms with Gasteiger partial charge in [0.25, 0.3) is 0 Å². The molecule has 1 amide bonds. The largest absolute Gasteiger partial charge is 0.440 e. The number of alkyl carbamates (subject to hydrolysis) is 1. The molecule has 13 heteroatoms. The SMILES string of the molecule is [N-]=[N+]=N[C@@H]1O[C@H](CO)[C@H]2OC(C(Cl)(Cl)Cl)O[C@H]2[C@@H]1OC(=O)NC1CCCCC1. The Morgan fingerprint density at radius 3 is 2.50 bits per heavy atom. The fourth-order valence-corrected chi connectivity index (χ4v) is 3.98. The van der Waals surface area contributed by atoms with Gasteiger partial charge in [-0.2, -0.15) is 0 Å². The first-order valence-electron chi connectivity index (χ1n) is 8.98.